The molecule has 0 amide bonds. The van der Waals surface area contributed by atoms with Crippen LogP contribution in [0.3, 0.4) is 0 Å². The molecule has 1 aromatic rings. The predicted molar refractivity (Wildman–Crippen MR) is 69.0 cm³/mol. The van der Waals surface area contributed by atoms with Crippen LogP contribution in [0.1, 0.15) is 5.56 Å². The lowest BCUT2D eigenvalue weighted by atomic mass is 9.84. The van der Waals surface area contributed by atoms with Gasteiger partial charge in [-0.15, -0.1) is 0 Å². The lowest BCUT2D eigenvalue weighted by molar-refractivity contribution is -0.116. The number of halogens is 2. The van der Waals surface area contributed by atoms with Gasteiger partial charge in [-0.3, -0.25) is 0 Å². The average Bonchev–Trinajstić information content (AvgIpc) is 2.62. The first-order valence-electron chi connectivity index (χ1n) is 6.30. The SMILES string of the molecule is COc1cccc2c1OCC1C(=CC=C(F)C1(O)F)C2. The van der Waals surface area contributed by atoms with E-state index in [0.29, 0.717) is 23.5 Å². The van der Waals surface area contributed by atoms with Crippen molar-refractivity contribution >= 4 is 0 Å². The van der Waals surface area contributed by atoms with E-state index in [1.807, 2.05) is 12.1 Å². The maximum Gasteiger partial charge on any atom is 0.269 e. The summed E-state index contributed by atoms with van der Waals surface area (Å²) in [5, 5.41) is 9.71. The number of rotatable bonds is 1. The average molecular weight is 280 g/mol. The molecule has 106 valence electrons. The van der Waals surface area contributed by atoms with Gasteiger partial charge >= 0.3 is 0 Å². The molecular weight excluding hydrogens is 266 g/mol. The maximum atomic E-state index is 14.1. The molecule has 0 saturated heterocycles. The van der Waals surface area contributed by atoms with Crippen molar-refractivity contribution in [3.05, 3.63) is 47.3 Å². The van der Waals surface area contributed by atoms with E-state index < -0.39 is 17.6 Å². The third kappa shape index (κ3) is 1.89. The molecule has 0 fully saturated rings. The van der Waals surface area contributed by atoms with E-state index in [2.05, 4.69) is 0 Å². The highest BCUT2D eigenvalue weighted by Gasteiger charge is 2.47. The van der Waals surface area contributed by atoms with E-state index in [1.54, 1.807) is 6.07 Å². The Morgan fingerprint density at radius 3 is 2.95 bits per heavy atom. The number of benzene rings is 1. The molecule has 0 aromatic heterocycles. The first-order valence-corrected chi connectivity index (χ1v) is 6.30. The summed E-state index contributed by atoms with van der Waals surface area (Å²) in [6.45, 7) is -0.145. The number of aliphatic hydroxyl groups is 1. The Bertz CT molecular complexity index is 605. The molecule has 2 unspecified atom stereocenters. The first kappa shape index (κ1) is 13.1. The van der Waals surface area contributed by atoms with Crippen molar-refractivity contribution in [1.82, 2.24) is 0 Å². The molecule has 1 aliphatic carbocycles. The Labute approximate surface area is 115 Å². The summed E-state index contributed by atoms with van der Waals surface area (Å²) in [6, 6.07) is 5.39. The topological polar surface area (TPSA) is 38.7 Å². The highest BCUT2D eigenvalue weighted by atomic mass is 19.2. The van der Waals surface area contributed by atoms with Gasteiger partial charge in [0, 0.05) is 5.56 Å². The quantitative estimate of drug-likeness (QED) is 0.859. The number of allylic oxidation sites excluding steroid dienone is 2. The molecule has 1 N–H and O–H groups in total. The van der Waals surface area contributed by atoms with Gasteiger partial charge in [-0.25, -0.2) is 8.78 Å². The van der Waals surface area contributed by atoms with Crippen LogP contribution in [-0.2, 0) is 6.42 Å². The highest BCUT2D eigenvalue weighted by molar-refractivity contribution is 5.50. The molecule has 2 aliphatic rings. The zero-order valence-electron chi connectivity index (χ0n) is 10.9. The van der Waals surface area contributed by atoms with Crippen LogP contribution in [0.15, 0.2) is 41.8 Å². The molecule has 0 spiro atoms. The number of fused-ring (bicyclic) bond motifs is 2. The number of para-hydroxylation sites is 1. The van der Waals surface area contributed by atoms with Crippen LogP contribution in [-0.4, -0.2) is 24.7 Å². The van der Waals surface area contributed by atoms with Gasteiger partial charge in [0.1, 0.15) is 6.61 Å². The van der Waals surface area contributed by atoms with Crippen LogP contribution in [0.5, 0.6) is 11.5 Å². The van der Waals surface area contributed by atoms with Gasteiger partial charge in [-0.1, -0.05) is 23.8 Å². The monoisotopic (exact) mass is 280 g/mol. The van der Waals surface area contributed by atoms with Gasteiger partial charge < -0.3 is 14.6 Å². The van der Waals surface area contributed by atoms with Crippen molar-refractivity contribution in [2.45, 2.75) is 12.3 Å². The smallest absolute Gasteiger partial charge is 0.269 e. The Morgan fingerprint density at radius 1 is 1.40 bits per heavy atom. The zero-order valence-corrected chi connectivity index (χ0v) is 10.9. The molecule has 1 aromatic carbocycles. The van der Waals surface area contributed by atoms with Gasteiger partial charge in [-0.2, -0.15) is 0 Å². The zero-order chi connectivity index (χ0) is 14.3. The van der Waals surface area contributed by atoms with Crippen LogP contribution in [0.2, 0.25) is 0 Å². The van der Waals surface area contributed by atoms with Crippen LogP contribution in [0.4, 0.5) is 8.78 Å². The third-order valence-corrected chi connectivity index (χ3v) is 3.76. The lowest BCUT2D eigenvalue weighted by Crippen LogP contribution is -2.40. The summed E-state index contributed by atoms with van der Waals surface area (Å²) in [4.78, 5) is 0. The predicted octanol–water partition coefficient (Wildman–Crippen LogP) is 2.70. The largest absolute Gasteiger partial charge is 0.493 e. The highest BCUT2D eigenvalue weighted by Crippen LogP contribution is 2.44. The molecule has 1 aliphatic heterocycles. The van der Waals surface area contributed by atoms with Crippen molar-refractivity contribution in [1.29, 1.82) is 0 Å². The van der Waals surface area contributed by atoms with E-state index in [4.69, 9.17) is 9.47 Å². The maximum absolute atomic E-state index is 14.1. The molecular formula is C15H14F2O3. The van der Waals surface area contributed by atoms with E-state index in [-0.39, 0.29) is 6.61 Å². The van der Waals surface area contributed by atoms with Crippen LogP contribution in [0.25, 0.3) is 0 Å². The first-order chi connectivity index (χ1) is 9.54. The summed E-state index contributed by atoms with van der Waals surface area (Å²) in [7, 11) is 1.52. The van der Waals surface area contributed by atoms with E-state index in [9.17, 15) is 13.9 Å². The summed E-state index contributed by atoms with van der Waals surface area (Å²) in [5.74, 6) is -4.20. The van der Waals surface area contributed by atoms with Gasteiger partial charge in [0.2, 0.25) is 0 Å². The second-order valence-corrected chi connectivity index (χ2v) is 4.92. The fourth-order valence-corrected chi connectivity index (χ4v) is 2.64. The van der Waals surface area contributed by atoms with Crippen molar-refractivity contribution in [2.24, 2.45) is 5.92 Å². The van der Waals surface area contributed by atoms with Gasteiger partial charge in [0.25, 0.3) is 5.85 Å². The fourth-order valence-electron chi connectivity index (χ4n) is 2.64. The molecule has 0 radical (unpaired) electrons. The second-order valence-electron chi connectivity index (χ2n) is 4.92. The van der Waals surface area contributed by atoms with Crippen molar-refractivity contribution in [3.8, 4) is 11.5 Å². The van der Waals surface area contributed by atoms with Crippen LogP contribution in [0, 0.1) is 5.92 Å². The number of hydrogen-bond acceptors (Lipinski definition) is 3. The van der Waals surface area contributed by atoms with E-state index in [1.165, 1.54) is 13.2 Å². The molecule has 1 heterocycles. The van der Waals surface area contributed by atoms with Gasteiger partial charge in [0.15, 0.2) is 17.3 Å². The summed E-state index contributed by atoms with van der Waals surface area (Å²) >= 11 is 0. The number of methoxy groups -OCH3 is 1. The third-order valence-electron chi connectivity index (χ3n) is 3.76. The lowest BCUT2D eigenvalue weighted by Gasteiger charge is -2.30. The fraction of sp³-hybridized carbons (Fsp3) is 0.333. The minimum atomic E-state index is -3.01. The molecule has 20 heavy (non-hydrogen) atoms. The summed E-state index contributed by atoms with van der Waals surface area (Å²) in [5.41, 5.74) is 1.42. The summed E-state index contributed by atoms with van der Waals surface area (Å²) in [6.07, 6.45) is 2.86. The Balaban J connectivity index is 2.04. The van der Waals surface area contributed by atoms with Gasteiger partial charge in [0.05, 0.1) is 13.0 Å². The Kier molecular flexibility index (Phi) is 3.01. The molecule has 3 rings (SSSR count). The van der Waals surface area contributed by atoms with Crippen LogP contribution < -0.4 is 9.47 Å². The van der Waals surface area contributed by atoms with Crippen molar-refractivity contribution < 1.29 is 23.4 Å². The molecule has 0 bridgehead atoms. The molecule has 5 heteroatoms. The normalized spacial score (nSPS) is 28.3. The Morgan fingerprint density at radius 2 is 2.20 bits per heavy atom. The van der Waals surface area contributed by atoms with Crippen molar-refractivity contribution in [3.63, 3.8) is 0 Å². The second kappa shape index (κ2) is 4.59. The molecule has 0 saturated carbocycles. The number of hydrogen-bond donors (Lipinski definition) is 1. The number of ether oxygens (including phenoxy) is 2. The minimum Gasteiger partial charge on any atom is -0.493 e. The Hall–Kier alpha value is -1.88. The van der Waals surface area contributed by atoms with Gasteiger partial charge in [-0.05, 0) is 18.6 Å². The minimum absolute atomic E-state index is 0.145. The molecule has 3 nitrogen and oxygen atoms in total. The number of alkyl halides is 1. The van der Waals surface area contributed by atoms with Crippen LogP contribution >= 0.6 is 0 Å². The van der Waals surface area contributed by atoms with E-state index in [0.717, 1.165) is 11.6 Å². The summed E-state index contributed by atoms with van der Waals surface area (Å²) < 4.78 is 38.4. The van der Waals surface area contributed by atoms with E-state index >= 15 is 0 Å². The standard InChI is InChI=1S/C15H14F2O3/c1-19-12-4-2-3-10-7-9-5-6-13(16)15(17,18)11(9)8-20-14(10)12/h2-6,11,18H,7-8H2,1H3. The van der Waals surface area contributed by atoms with Crippen molar-refractivity contribution in [2.75, 3.05) is 13.7 Å². The molecule has 2 atom stereocenters.